The van der Waals surface area contributed by atoms with Crippen LogP contribution in [-0.2, 0) is 9.59 Å². The molecule has 1 heterocycles. The number of hydrogen-bond acceptors (Lipinski definition) is 4. The first-order valence-corrected chi connectivity index (χ1v) is 7.42. The van der Waals surface area contributed by atoms with Gasteiger partial charge in [0.2, 0.25) is 11.8 Å². The van der Waals surface area contributed by atoms with Crippen LogP contribution in [0.2, 0.25) is 0 Å². The molecule has 0 fully saturated rings. The summed E-state index contributed by atoms with van der Waals surface area (Å²) in [5.41, 5.74) is 7.18. The topological polar surface area (TPSA) is 84.2 Å². The predicted molar refractivity (Wildman–Crippen MR) is 79.6 cm³/mol. The third-order valence-corrected chi connectivity index (χ3v) is 4.41. The van der Waals surface area contributed by atoms with Crippen LogP contribution in [0.5, 0.6) is 0 Å². The summed E-state index contributed by atoms with van der Waals surface area (Å²) in [4.78, 5) is 24.5. The number of hydrogen-bond donors (Lipinski definition) is 3. The molecule has 2 unspecified atom stereocenters. The lowest BCUT2D eigenvalue weighted by molar-refractivity contribution is -0.118. The minimum Gasteiger partial charge on any atom is -0.326 e. The highest BCUT2D eigenvalue weighted by Gasteiger charge is 2.23. The largest absolute Gasteiger partial charge is 0.326 e. The van der Waals surface area contributed by atoms with E-state index in [1.54, 1.807) is 6.07 Å². The number of rotatable bonds is 2. The molecule has 5 nitrogen and oxygen atoms in total. The van der Waals surface area contributed by atoms with Crippen LogP contribution >= 0.6 is 11.8 Å². The Morgan fingerprint density at radius 1 is 1.40 bits per heavy atom. The van der Waals surface area contributed by atoms with Gasteiger partial charge in [0.25, 0.3) is 0 Å². The Morgan fingerprint density at radius 3 is 3.00 bits per heavy atom. The highest BCUT2D eigenvalue weighted by atomic mass is 32.2. The van der Waals surface area contributed by atoms with Crippen LogP contribution in [0, 0.1) is 5.92 Å². The number of carbonyl (C=O) groups is 2. The summed E-state index contributed by atoms with van der Waals surface area (Å²) in [7, 11) is 0. The lowest BCUT2D eigenvalue weighted by Gasteiger charge is -2.18. The van der Waals surface area contributed by atoms with Gasteiger partial charge in [-0.2, -0.15) is 0 Å². The van der Waals surface area contributed by atoms with Gasteiger partial charge in [-0.3, -0.25) is 9.59 Å². The van der Waals surface area contributed by atoms with Crippen LogP contribution in [0.4, 0.5) is 11.4 Å². The van der Waals surface area contributed by atoms with Gasteiger partial charge >= 0.3 is 0 Å². The van der Waals surface area contributed by atoms with E-state index in [0.717, 1.165) is 10.6 Å². The molecule has 1 aromatic carbocycles. The normalized spacial score (nSPS) is 24.1. The van der Waals surface area contributed by atoms with E-state index < -0.39 is 0 Å². The van der Waals surface area contributed by atoms with Crippen molar-refractivity contribution in [3.8, 4) is 0 Å². The number of fused-ring (bicyclic) bond motifs is 1. The van der Waals surface area contributed by atoms with Crippen molar-refractivity contribution < 1.29 is 9.59 Å². The van der Waals surface area contributed by atoms with E-state index in [0.29, 0.717) is 17.9 Å². The van der Waals surface area contributed by atoms with E-state index in [4.69, 9.17) is 5.73 Å². The van der Waals surface area contributed by atoms with Crippen LogP contribution in [-0.4, -0.2) is 23.6 Å². The van der Waals surface area contributed by atoms with Crippen LogP contribution in [0.1, 0.15) is 6.42 Å². The molecule has 1 aliphatic carbocycles. The van der Waals surface area contributed by atoms with Crippen LogP contribution in [0.25, 0.3) is 0 Å². The molecule has 1 aromatic rings. The quantitative estimate of drug-likeness (QED) is 0.722. The van der Waals surface area contributed by atoms with Crippen LogP contribution in [0.3, 0.4) is 0 Å². The summed E-state index contributed by atoms with van der Waals surface area (Å²) in [5.74, 6) is 0.174. The lowest BCUT2D eigenvalue weighted by Crippen LogP contribution is -2.24. The highest BCUT2D eigenvalue weighted by Crippen LogP contribution is 2.33. The maximum Gasteiger partial charge on any atom is 0.234 e. The average Bonchev–Trinajstić information content (AvgIpc) is 2.85. The van der Waals surface area contributed by atoms with Gasteiger partial charge in [0, 0.05) is 16.6 Å². The molecule has 0 spiro atoms. The Morgan fingerprint density at radius 2 is 2.25 bits per heavy atom. The van der Waals surface area contributed by atoms with Gasteiger partial charge in [0.15, 0.2) is 0 Å². The monoisotopic (exact) mass is 289 g/mol. The van der Waals surface area contributed by atoms with Crippen molar-refractivity contribution in [1.29, 1.82) is 0 Å². The zero-order valence-electron chi connectivity index (χ0n) is 10.8. The fourth-order valence-corrected chi connectivity index (χ4v) is 3.11. The number of anilines is 2. The minimum absolute atomic E-state index is 0.0179. The second-order valence-electron chi connectivity index (χ2n) is 4.93. The number of benzene rings is 1. The number of amides is 2. The third-order valence-electron chi connectivity index (χ3n) is 3.33. The SMILES string of the molecule is NC1C=CC(C(=O)Nc2ccc3c(c2)NC(=O)CS3)C1. The summed E-state index contributed by atoms with van der Waals surface area (Å²) < 4.78 is 0. The van der Waals surface area contributed by atoms with Gasteiger partial charge in [-0.15, -0.1) is 11.8 Å². The maximum absolute atomic E-state index is 12.1. The second kappa shape index (κ2) is 5.30. The van der Waals surface area contributed by atoms with Crippen molar-refractivity contribution in [3.05, 3.63) is 30.4 Å². The van der Waals surface area contributed by atoms with Gasteiger partial charge in [0.05, 0.1) is 17.4 Å². The minimum atomic E-state index is -0.176. The fraction of sp³-hybridized carbons (Fsp3) is 0.286. The van der Waals surface area contributed by atoms with E-state index in [9.17, 15) is 9.59 Å². The predicted octanol–water partition coefficient (Wildman–Crippen LogP) is 1.57. The fourth-order valence-electron chi connectivity index (χ4n) is 2.32. The zero-order chi connectivity index (χ0) is 14.1. The molecule has 0 aromatic heterocycles. The van der Waals surface area contributed by atoms with Crippen LogP contribution in [0.15, 0.2) is 35.2 Å². The maximum atomic E-state index is 12.1. The molecule has 20 heavy (non-hydrogen) atoms. The van der Waals surface area contributed by atoms with Gasteiger partial charge in [-0.05, 0) is 24.6 Å². The molecule has 3 rings (SSSR count). The van der Waals surface area contributed by atoms with E-state index >= 15 is 0 Å². The van der Waals surface area contributed by atoms with E-state index in [2.05, 4.69) is 10.6 Å². The first-order valence-electron chi connectivity index (χ1n) is 6.43. The Hall–Kier alpha value is -1.79. The Labute approximate surface area is 121 Å². The van der Waals surface area contributed by atoms with Gasteiger partial charge in [-0.1, -0.05) is 12.2 Å². The molecule has 1 aliphatic heterocycles. The summed E-state index contributed by atoms with van der Waals surface area (Å²) in [5, 5.41) is 5.67. The first kappa shape index (κ1) is 13.2. The summed E-state index contributed by atoms with van der Waals surface area (Å²) >= 11 is 1.50. The summed E-state index contributed by atoms with van der Waals surface area (Å²) in [6.45, 7) is 0. The highest BCUT2D eigenvalue weighted by molar-refractivity contribution is 8.00. The summed E-state index contributed by atoms with van der Waals surface area (Å²) in [6.07, 6.45) is 4.34. The second-order valence-corrected chi connectivity index (χ2v) is 5.95. The smallest absolute Gasteiger partial charge is 0.234 e. The zero-order valence-corrected chi connectivity index (χ0v) is 11.6. The molecule has 6 heteroatoms. The number of nitrogens with one attached hydrogen (secondary N) is 2. The van der Waals surface area contributed by atoms with E-state index in [-0.39, 0.29) is 23.8 Å². The summed E-state index contributed by atoms with van der Waals surface area (Å²) in [6, 6.07) is 5.51. The van der Waals surface area contributed by atoms with Crippen molar-refractivity contribution in [2.24, 2.45) is 11.7 Å². The molecular weight excluding hydrogens is 274 g/mol. The average molecular weight is 289 g/mol. The first-order chi connectivity index (χ1) is 9.61. The van der Waals surface area contributed by atoms with Crippen molar-refractivity contribution >= 4 is 35.0 Å². The van der Waals surface area contributed by atoms with Crippen molar-refractivity contribution in [2.75, 3.05) is 16.4 Å². The molecule has 0 bridgehead atoms. The molecule has 104 valence electrons. The lowest BCUT2D eigenvalue weighted by atomic mass is 10.1. The molecule has 2 amide bonds. The van der Waals surface area contributed by atoms with Gasteiger partial charge in [0.1, 0.15) is 0 Å². The molecule has 4 N–H and O–H groups in total. The van der Waals surface area contributed by atoms with E-state index in [1.165, 1.54) is 11.8 Å². The number of thioether (sulfide) groups is 1. The Bertz CT molecular complexity index is 600. The Balaban J connectivity index is 1.72. The molecule has 0 saturated heterocycles. The Kier molecular flexibility index (Phi) is 3.50. The van der Waals surface area contributed by atoms with Crippen molar-refractivity contribution in [3.63, 3.8) is 0 Å². The molecule has 0 saturated carbocycles. The standard InChI is InChI=1S/C14H15N3O2S/c15-9-2-1-8(5-9)14(19)16-10-3-4-12-11(6-10)17-13(18)7-20-12/h1-4,6,8-9H,5,7,15H2,(H,16,19)(H,17,18). The molecule has 0 radical (unpaired) electrons. The van der Waals surface area contributed by atoms with Gasteiger partial charge in [-0.25, -0.2) is 0 Å². The van der Waals surface area contributed by atoms with Crippen LogP contribution < -0.4 is 16.4 Å². The van der Waals surface area contributed by atoms with Crippen molar-refractivity contribution in [2.45, 2.75) is 17.4 Å². The van der Waals surface area contributed by atoms with E-state index in [1.807, 2.05) is 24.3 Å². The number of nitrogens with two attached hydrogens (primary N) is 1. The molecule has 2 aliphatic rings. The third kappa shape index (κ3) is 2.71. The molecular formula is C14H15N3O2S. The van der Waals surface area contributed by atoms with Crippen molar-refractivity contribution in [1.82, 2.24) is 0 Å². The number of carbonyl (C=O) groups excluding carboxylic acids is 2. The van der Waals surface area contributed by atoms with Gasteiger partial charge < -0.3 is 16.4 Å². The molecule has 2 atom stereocenters.